The fourth-order valence-electron chi connectivity index (χ4n) is 2.57. The van der Waals surface area contributed by atoms with Gasteiger partial charge in [0.05, 0.1) is 0 Å². The van der Waals surface area contributed by atoms with Crippen LogP contribution in [-0.4, -0.2) is 6.04 Å². The van der Waals surface area contributed by atoms with E-state index in [9.17, 15) is 0 Å². The zero-order valence-electron chi connectivity index (χ0n) is 9.42. The van der Waals surface area contributed by atoms with E-state index in [1.54, 1.807) is 0 Å². The van der Waals surface area contributed by atoms with Gasteiger partial charge in [0.1, 0.15) is 0 Å². The van der Waals surface area contributed by atoms with Gasteiger partial charge in [-0.1, -0.05) is 20.8 Å². The summed E-state index contributed by atoms with van der Waals surface area (Å²) < 4.78 is 0. The molecule has 1 saturated carbocycles. The number of nitrogens with two attached hydrogens (primary N) is 1. The molecule has 1 nitrogen and oxygen atoms in total. The van der Waals surface area contributed by atoms with Gasteiger partial charge < -0.3 is 5.73 Å². The van der Waals surface area contributed by atoms with Crippen LogP contribution < -0.4 is 5.73 Å². The minimum absolute atomic E-state index is 0.466. The predicted octanol–water partition coefficient (Wildman–Crippen LogP) is 3.19. The molecule has 0 bridgehead atoms. The Bertz CT molecular complexity index is 134. The lowest BCUT2D eigenvalue weighted by Gasteiger charge is -2.33. The number of rotatable bonds is 3. The summed E-state index contributed by atoms with van der Waals surface area (Å²) >= 11 is 0. The molecule has 0 amide bonds. The van der Waals surface area contributed by atoms with E-state index in [1.165, 1.54) is 25.7 Å². The Morgan fingerprint density at radius 3 is 1.92 bits per heavy atom. The maximum Gasteiger partial charge on any atom is 0.00645 e. The average molecular weight is 183 g/mol. The summed E-state index contributed by atoms with van der Waals surface area (Å²) in [4.78, 5) is 0. The maximum absolute atomic E-state index is 6.07. The molecule has 0 aromatic rings. The monoisotopic (exact) mass is 183 g/mol. The van der Waals surface area contributed by atoms with Crippen molar-refractivity contribution in [1.29, 1.82) is 0 Å². The van der Waals surface area contributed by atoms with E-state index in [4.69, 9.17) is 5.73 Å². The first-order valence-corrected chi connectivity index (χ1v) is 5.90. The second-order valence-electron chi connectivity index (χ2n) is 4.99. The summed E-state index contributed by atoms with van der Waals surface area (Å²) in [7, 11) is 0. The highest BCUT2D eigenvalue weighted by molar-refractivity contribution is 4.80. The topological polar surface area (TPSA) is 26.0 Å². The van der Waals surface area contributed by atoms with Crippen molar-refractivity contribution in [2.24, 2.45) is 23.5 Å². The molecule has 1 fully saturated rings. The van der Waals surface area contributed by atoms with Gasteiger partial charge in [0, 0.05) is 6.04 Å². The van der Waals surface area contributed by atoms with Crippen LogP contribution in [0, 0.1) is 17.8 Å². The Kier molecular flexibility index (Phi) is 4.24. The third-order valence-electron chi connectivity index (χ3n) is 3.84. The van der Waals surface area contributed by atoms with E-state index in [1.807, 2.05) is 0 Å². The van der Waals surface area contributed by atoms with Crippen LogP contribution in [0.1, 0.15) is 52.9 Å². The Morgan fingerprint density at radius 1 is 1.08 bits per heavy atom. The molecule has 0 heterocycles. The minimum atomic E-state index is 0.466. The van der Waals surface area contributed by atoms with Gasteiger partial charge in [0.2, 0.25) is 0 Å². The molecule has 13 heavy (non-hydrogen) atoms. The van der Waals surface area contributed by atoms with Crippen molar-refractivity contribution in [1.82, 2.24) is 0 Å². The van der Waals surface area contributed by atoms with E-state index in [2.05, 4.69) is 20.8 Å². The van der Waals surface area contributed by atoms with Crippen LogP contribution in [-0.2, 0) is 0 Å². The zero-order chi connectivity index (χ0) is 9.84. The molecule has 1 rings (SSSR count). The average Bonchev–Trinajstić information content (AvgIpc) is 2.17. The standard InChI is InChI=1S/C12H25N/c1-4-12(13)11-7-5-10(6-8-11)9(2)3/h9-12H,4-8,13H2,1-3H3. The molecular formula is C12H25N. The normalized spacial score (nSPS) is 32.1. The molecule has 0 spiro atoms. The third kappa shape index (κ3) is 2.98. The highest BCUT2D eigenvalue weighted by Gasteiger charge is 2.25. The lowest BCUT2D eigenvalue weighted by atomic mass is 9.74. The van der Waals surface area contributed by atoms with Gasteiger partial charge in [-0.25, -0.2) is 0 Å². The van der Waals surface area contributed by atoms with Crippen molar-refractivity contribution in [3.8, 4) is 0 Å². The smallest absolute Gasteiger partial charge is 0.00645 e. The lowest BCUT2D eigenvalue weighted by molar-refractivity contribution is 0.201. The van der Waals surface area contributed by atoms with Gasteiger partial charge >= 0.3 is 0 Å². The summed E-state index contributed by atoms with van der Waals surface area (Å²) in [5.41, 5.74) is 6.07. The summed E-state index contributed by atoms with van der Waals surface area (Å²) in [6, 6.07) is 0.466. The summed E-state index contributed by atoms with van der Waals surface area (Å²) in [5, 5.41) is 0. The zero-order valence-corrected chi connectivity index (χ0v) is 9.42. The highest BCUT2D eigenvalue weighted by Crippen LogP contribution is 2.34. The van der Waals surface area contributed by atoms with E-state index in [-0.39, 0.29) is 0 Å². The van der Waals surface area contributed by atoms with Crippen molar-refractivity contribution in [2.45, 2.75) is 58.9 Å². The van der Waals surface area contributed by atoms with Crippen molar-refractivity contribution in [2.75, 3.05) is 0 Å². The molecule has 78 valence electrons. The van der Waals surface area contributed by atoms with Crippen molar-refractivity contribution in [3.05, 3.63) is 0 Å². The van der Waals surface area contributed by atoms with E-state index in [0.29, 0.717) is 6.04 Å². The molecule has 1 aliphatic carbocycles. The Hall–Kier alpha value is -0.0400. The van der Waals surface area contributed by atoms with Crippen LogP contribution in [0.2, 0.25) is 0 Å². The molecule has 0 aromatic carbocycles. The van der Waals surface area contributed by atoms with Crippen molar-refractivity contribution in [3.63, 3.8) is 0 Å². The van der Waals surface area contributed by atoms with Crippen molar-refractivity contribution < 1.29 is 0 Å². The molecule has 1 unspecified atom stereocenters. The summed E-state index contributed by atoms with van der Waals surface area (Å²) in [5.74, 6) is 2.67. The molecule has 0 saturated heterocycles. The van der Waals surface area contributed by atoms with Crippen LogP contribution in [0.15, 0.2) is 0 Å². The van der Waals surface area contributed by atoms with Gasteiger partial charge in [-0.15, -0.1) is 0 Å². The molecule has 1 heteroatoms. The van der Waals surface area contributed by atoms with Gasteiger partial charge in [-0.2, -0.15) is 0 Å². The molecular weight excluding hydrogens is 158 g/mol. The van der Waals surface area contributed by atoms with Crippen LogP contribution in [0.4, 0.5) is 0 Å². The van der Waals surface area contributed by atoms with Gasteiger partial charge in [0.25, 0.3) is 0 Å². The molecule has 1 atom stereocenters. The second-order valence-corrected chi connectivity index (χ2v) is 4.99. The minimum Gasteiger partial charge on any atom is -0.327 e. The first kappa shape index (κ1) is 11.0. The SMILES string of the molecule is CCC(N)C1CCC(C(C)C)CC1. The van der Waals surface area contributed by atoms with E-state index >= 15 is 0 Å². The first-order valence-electron chi connectivity index (χ1n) is 5.90. The number of hydrogen-bond acceptors (Lipinski definition) is 1. The number of hydrogen-bond donors (Lipinski definition) is 1. The fourth-order valence-corrected chi connectivity index (χ4v) is 2.57. The van der Waals surface area contributed by atoms with Crippen LogP contribution in [0.3, 0.4) is 0 Å². The maximum atomic E-state index is 6.07. The fraction of sp³-hybridized carbons (Fsp3) is 1.00. The first-order chi connectivity index (χ1) is 6.15. The Labute approximate surface area is 83.1 Å². The summed E-state index contributed by atoms with van der Waals surface area (Å²) in [6.07, 6.45) is 6.72. The lowest BCUT2D eigenvalue weighted by Crippen LogP contribution is -2.33. The molecule has 2 N–H and O–H groups in total. The van der Waals surface area contributed by atoms with Gasteiger partial charge in [-0.05, 0) is 49.9 Å². The highest BCUT2D eigenvalue weighted by atomic mass is 14.6. The molecule has 0 radical (unpaired) electrons. The van der Waals surface area contributed by atoms with Crippen LogP contribution in [0.5, 0.6) is 0 Å². The molecule has 1 aliphatic rings. The van der Waals surface area contributed by atoms with E-state index in [0.717, 1.165) is 24.2 Å². The van der Waals surface area contributed by atoms with Gasteiger partial charge in [0.15, 0.2) is 0 Å². The van der Waals surface area contributed by atoms with Gasteiger partial charge in [-0.3, -0.25) is 0 Å². The largest absolute Gasteiger partial charge is 0.327 e. The van der Waals surface area contributed by atoms with E-state index < -0.39 is 0 Å². The summed E-state index contributed by atoms with van der Waals surface area (Å²) in [6.45, 7) is 6.91. The molecule has 0 aromatic heterocycles. The third-order valence-corrected chi connectivity index (χ3v) is 3.84. The van der Waals surface area contributed by atoms with Crippen molar-refractivity contribution >= 4 is 0 Å². The predicted molar refractivity (Wildman–Crippen MR) is 58.6 cm³/mol. The Morgan fingerprint density at radius 2 is 1.54 bits per heavy atom. The molecule has 0 aliphatic heterocycles. The Balaban J connectivity index is 2.30. The van der Waals surface area contributed by atoms with Crippen LogP contribution in [0.25, 0.3) is 0 Å². The quantitative estimate of drug-likeness (QED) is 0.714. The second kappa shape index (κ2) is 4.99. The van der Waals surface area contributed by atoms with Crippen LogP contribution >= 0.6 is 0 Å².